The molecule has 0 radical (unpaired) electrons. The smallest absolute Gasteiger partial charge is 0.335 e. The highest BCUT2D eigenvalue weighted by molar-refractivity contribution is 7.90. The molecule has 0 spiro atoms. The molecule has 1 aromatic carbocycles. The first-order valence-corrected chi connectivity index (χ1v) is 7.19. The van der Waals surface area contributed by atoms with Crippen molar-refractivity contribution in [2.75, 3.05) is 6.26 Å². The summed E-state index contributed by atoms with van der Waals surface area (Å²) in [5.41, 5.74) is 6.91. The molecule has 2 N–H and O–H groups in total. The third kappa shape index (κ3) is 4.02. The van der Waals surface area contributed by atoms with Crippen LogP contribution in [0.3, 0.4) is 0 Å². The van der Waals surface area contributed by atoms with Crippen LogP contribution in [0.2, 0.25) is 0 Å². The van der Waals surface area contributed by atoms with Crippen LogP contribution < -0.4 is 5.73 Å². The minimum Gasteiger partial charge on any atom is -0.411 e. The molecule has 19 heavy (non-hydrogen) atoms. The molecule has 0 bridgehead atoms. The quantitative estimate of drug-likeness (QED) is 0.909. The highest BCUT2D eigenvalue weighted by atomic mass is 35.5. The van der Waals surface area contributed by atoms with Gasteiger partial charge in [0.2, 0.25) is 15.7 Å². The Morgan fingerprint density at radius 2 is 1.89 bits per heavy atom. The zero-order valence-corrected chi connectivity index (χ0v) is 11.8. The van der Waals surface area contributed by atoms with Gasteiger partial charge in [0.1, 0.15) is 0 Å². The fraction of sp³-hybridized carbons (Fsp3) is 0.273. The number of hydrogen-bond acceptors (Lipinski definition) is 6. The molecule has 0 aliphatic carbocycles. The summed E-state index contributed by atoms with van der Waals surface area (Å²) in [5, 5.41) is 6.72. The van der Waals surface area contributed by atoms with Crippen molar-refractivity contribution >= 4 is 22.2 Å². The van der Waals surface area contributed by atoms with Gasteiger partial charge >= 0.3 is 5.22 Å². The van der Waals surface area contributed by atoms with Crippen molar-refractivity contribution < 1.29 is 12.8 Å². The molecule has 0 saturated heterocycles. The first-order valence-electron chi connectivity index (χ1n) is 5.30. The second-order valence-electron chi connectivity index (χ2n) is 3.97. The Hall–Kier alpha value is -1.44. The molecule has 0 aliphatic heterocycles. The molecule has 6 nitrogen and oxygen atoms in total. The van der Waals surface area contributed by atoms with E-state index in [9.17, 15) is 8.42 Å². The van der Waals surface area contributed by atoms with Crippen LogP contribution in [0.15, 0.2) is 40.0 Å². The van der Waals surface area contributed by atoms with Crippen LogP contribution in [0.25, 0.3) is 0 Å². The predicted molar refractivity (Wildman–Crippen MR) is 71.7 cm³/mol. The van der Waals surface area contributed by atoms with Crippen LogP contribution in [-0.2, 0) is 16.3 Å². The number of nitrogens with two attached hydrogens (primary N) is 1. The SMILES string of the molecule is CS(=O)(=O)c1nnc([C@@H](N)Cc2ccccc2)o1.Cl. The summed E-state index contributed by atoms with van der Waals surface area (Å²) in [6.07, 6.45) is 1.51. The Labute approximate surface area is 117 Å². The number of sulfone groups is 1. The van der Waals surface area contributed by atoms with E-state index in [1.807, 2.05) is 30.3 Å². The van der Waals surface area contributed by atoms with Crippen LogP contribution in [0.4, 0.5) is 0 Å². The average Bonchev–Trinajstić information content (AvgIpc) is 2.79. The molecule has 0 unspecified atom stereocenters. The fourth-order valence-electron chi connectivity index (χ4n) is 1.48. The molecule has 2 rings (SSSR count). The number of benzene rings is 1. The van der Waals surface area contributed by atoms with Crippen molar-refractivity contribution in [2.24, 2.45) is 5.73 Å². The highest BCUT2D eigenvalue weighted by Gasteiger charge is 2.20. The van der Waals surface area contributed by atoms with Crippen molar-refractivity contribution in [2.45, 2.75) is 17.7 Å². The Morgan fingerprint density at radius 3 is 2.42 bits per heavy atom. The van der Waals surface area contributed by atoms with Crippen molar-refractivity contribution in [3.8, 4) is 0 Å². The zero-order chi connectivity index (χ0) is 13.2. The molecule has 1 atom stereocenters. The zero-order valence-electron chi connectivity index (χ0n) is 10.2. The van der Waals surface area contributed by atoms with Crippen molar-refractivity contribution in [1.82, 2.24) is 10.2 Å². The number of hydrogen-bond donors (Lipinski definition) is 1. The second-order valence-corrected chi connectivity index (χ2v) is 5.87. The number of halogens is 1. The largest absolute Gasteiger partial charge is 0.411 e. The Morgan fingerprint density at radius 1 is 1.26 bits per heavy atom. The van der Waals surface area contributed by atoms with Gasteiger partial charge < -0.3 is 10.2 Å². The maximum absolute atomic E-state index is 11.2. The Balaban J connectivity index is 0.00000180. The lowest BCUT2D eigenvalue weighted by molar-refractivity contribution is 0.374. The molecule has 0 fully saturated rings. The first kappa shape index (κ1) is 15.6. The Kier molecular flexibility index (Phi) is 5.04. The summed E-state index contributed by atoms with van der Waals surface area (Å²) < 4.78 is 27.4. The predicted octanol–water partition coefficient (Wildman–Crippen LogP) is 1.14. The molecular weight excluding hydrogens is 290 g/mol. The van der Waals surface area contributed by atoms with Gasteiger partial charge in [0.25, 0.3) is 0 Å². The van der Waals surface area contributed by atoms with Crippen LogP contribution in [0, 0.1) is 0 Å². The molecule has 2 aromatic rings. The van der Waals surface area contributed by atoms with E-state index in [2.05, 4.69) is 10.2 Å². The third-order valence-corrected chi connectivity index (χ3v) is 3.15. The normalized spacial score (nSPS) is 12.7. The molecule has 8 heteroatoms. The van der Waals surface area contributed by atoms with Crippen LogP contribution in [-0.4, -0.2) is 24.9 Å². The van der Waals surface area contributed by atoms with Crippen molar-refractivity contribution in [1.29, 1.82) is 0 Å². The highest BCUT2D eigenvalue weighted by Crippen LogP contribution is 2.16. The molecule has 0 aliphatic rings. The lowest BCUT2D eigenvalue weighted by Crippen LogP contribution is -2.13. The third-order valence-electron chi connectivity index (χ3n) is 2.35. The van der Waals surface area contributed by atoms with Gasteiger partial charge in [-0.15, -0.1) is 17.5 Å². The second kappa shape index (κ2) is 6.14. The van der Waals surface area contributed by atoms with E-state index in [0.717, 1.165) is 11.8 Å². The summed E-state index contributed by atoms with van der Waals surface area (Å²) in [7, 11) is -3.48. The maximum atomic E-state index is 11.2. The summed E-state index contributed by atoms with van der Waals surface area (Å²) in [6, 6.07) is 9.04. The molecule has 104 valence electrons. The topological polar surface area (TPSA) is 99.1 Å². The van der Waals surface area contributed by atoms with E-state index in [-0.39, 0.29) is 18.3 Å². The van der Waals surface area contributed by atoms with Gasteiger partial charge in [-0.3, -0.25) is 0 Å². The lowest BCUT2D eigenvalue weighted by Gasteiger charge is -2.06. The van der Waals surface area contributed by atoms with Gasteiger partial charge in [0, 0.05) is 6.26 Å². The minimum atomic E-state index is -3.48. The van der Waals surface area contributed by atoms with Gasteiger partial charge in [-0.25, -0.2) is 8.42 Å². The lowest BCUT2D eigenvalue weighted by atomic mass is 10.1. The van der Waals surface area contributed by atoms with Gasteiger partial charge in [0.15, 0.2) is 0 Å². The maximum Gasteiger partial charge on any atom is 0.335 e. The Bertz CT molecular complexity index is 628. The molecular formula is C11H14ClN3O3S. The van der Waals surface area contributed by atoms with Crippen LogP contribution >= 0.6 is 12.4 Å². The minimum absolute atomic E-state index is 0. The standard InChI is InChI=1S/C11H13N3O3S.ClH/c1-18(15,16)11-14-13-10(17-11)9(12)7-8-5-3-2-4-6-8;/h2-6,9H,7,12H2,1H3;1H/t9-;/m0./s1. The van der Waals surface area contributed by atoms with E-state index >= 15 is 0 Å². The van der Waals surface area contributed by atoms with Crippen molar-refractivity contribution in [3.63, 3.8) is 0 Å². The average molecular weight is 304 g/mol. The van der Waals surface area contributed by atoms with E-state index in [1.165, 1.54) is 0 Å². The van der Waals surface area contributed by atoms with Gasteiger partial charge in [0.05, 0.1) is 6.04 Å². The van der Waals surface area contributed by atoms with Crippen LogP contribution in [0.1, 0.15) is 17.5 Å². The number of rotatable bonds is 4. The molecule has 0 amide bonds. The monoisotopic (exact) mass is 303 g/mol. The molecule has 1 aromatic heterocycles. The number of aromatic nitrogens is 2. The van der Waals surface area contributed by atoms with E-state index < -0.39 is 21.1 Å². The molecule has 0 saturated carbocycles. The van der Waals surface area contributed by atoms with Gasteiger partial charge in [-0.1, -0.05) is 35.4 Å². The van der Waals surface area contributed by atoms with Crippen molar-refractivity contribution in [3.05, 3.63) is 41.8 Å². The van der Waals surface area contributed by atoms with Gasteiger partial charge in [-0.2, -0.15) is 0 Å². The fourth-order valence-corrected chi connectivity index (χ4v) is 1.90. The van der Waals surface area contributed by atoms with Gasteiger partial charge in [-0.05, 0) is 12.0 Å². The van der Waals surface area contributed by atoms with E-state index in [0.29, 0.717) is 6.42 Å². The molecule has 1 heterocycles. The first-order chi connectivity index (χ1) is 8.47. The summed E-state index contributed by atoms with van der Waals surface area (Å²) in [6.45, 7) is 0. The van der Waals surface area contributed by atoms with E-state index in [1.54, 1.807) is 0 Å². The summed E-state index contributed by atoms with van der Waals surface area (Å²) in [4.78, 5) is 0. The summed E-state index contributed by atoms with van der Waals surface area (Å²) in [5.74, 6) is 0.124. The number of nitrogens with zero attached hydrogens (tertiary/aromatic N) is 2. The summed E-state index contributed by atoms with van der Waals surface area (Å²) >= 11 is 0. The van der Waals surface area contributed by atoms with E-state index in [4.69, 9.17) is 10.2 Å². The van der Waals surface area contributed by atoms with Crippen LogP contribution in [0.5, 0.6) is 0 Å².